The standard InChI is InChI=1S/C16H18N4O3/c1-11-14(23-13-6-3-2-5-12(13)22-11)15(21)17-9-10-20-16-18-7-4-8-19-16/h2-8,11,14H,9-10H2,1H3,(H,17,21)(H,18,19,20)/t11-,14-/m1/s1. The summed E-state index contributed by atoms with van der Waals surface area (Å²) in [4.78, 5) is 20.3. The molecule has 1 aromatic carbocycles. The second kappa shape index (κ2) is 6.95. The predicted octanol–water partition coefficient (Wildman–Crippen LogP) is 1.23. The van der Waals surface area contributed by atoms with Gasteiger partial charge in [0, 0.05) is 25.5 Å². The van der Waals surface area contributed by atoms with Gasteiger partial charge in [0.2, 0.25) is 12.1 Å². The summed E-state index contributed by atoms with van der Waals surface area (Å²) in [6.45, 7) is 2.77. The van der Waals surface area contributed by atoms with Crippen molar-refractivity contribution in [3.8, 4) is 11.5 Å². The van der Waals surface area contributed by atoms with E-state index in [1.165, 1.54) is 0 Å². The van der Waals surface area contributed by atoms with Crippen LogP contribution in [0.4, 0.5) is 5.95 Å². The summed E-state index contributed by atoms with van der Waals surface area (Å²) in [7, 11) is 0. The van der Waals surface area contributed by atoms with E-state index in [2.05, 4.69) is 20.6 Å². The van der Waals surface area contributed by atoms with Gasteiger partial charge in [0.15, 0.2) is 11.5 Å². The number of aromatic nitrogens is 2. The summed E-state index contributed by atoms with van der Waals surface area (Å²) in [6.07, 6.45) is 2.29. The second-order valence-corrected chi connectivity index (χ2v) is 5.10. The first-order valence-corrected chi connectivity index (χ1v) is 7.45. The third-order valence-electron chi connectivity index (χ3n) is 3.37. The fraction of sp³-hybridized carbons (Fsp3) is 0.312. The molecular weight excluding hydrogens is 296 g/mol. The van der Waals surface area contributed by atoms with Crippen LogP contribution in [0.5, 0.6) is 11.5 Å². The van der Waals surface area contributed by atoms with Gasteiger partial charge in [-0.15, -0.1) is 0 Å². The zero-order chi connectivity index (χ0) is 16.1. The first kappa shape index (κ1) is 15.1. The van der Waals surface area contributed by atoms with Crippen LogP contribution in [0.25, 0.3) is 0 Å². The number of benzene rings is 1. The van der Waals surface area contributed by atoms with Gasteiger partial charge in [0.1, 0.15) is 6.10 Å². The molecule has 23 heavy (non-hydrogen) atoms. The summed E-state index contributed by atoms with van der Waals surface area (Å²) in [5, 5.41) is 5.84. The maximum absolute atomic E-state index is 12.3. The molecule has 0 unspecified atom stereocenters. The Bertz CT molecular complexity index is 665. The lowest BCUT2D eigenvalue weighted by Gasteiger charge is -2.31. The van der Waals surface area contributed by atoms with E-state index in [0.717, 1.165) is 0 Å². The minimum absolute atomic E-state index is 0.206. The largest absolute Gasteiger partial charge is 0.482 e. The number of nitrogens with zero attached hydrogens (tertiary/aromatic N) is 2. The van der Waals surface area contributed by atoms with Crippen molar-refractivity contribution in [1.29, 1.82) is 0 Å². The highest BCUT2D eigenvalue weighted by atomic mass is 16.6. The van der Waals surface area contributed by atoms with Crippen molar-refractivity contribution >= 4 is 11.9 Å². The molecule has 0 radical (unpaired) electrons. The maximum Gasteiger partial charge on any atom is 0.265 e. The summed E-state index contributed by atoms with van der Waals surface area (Å²) in [5.41, 5.74) is 0. The fourth-order valence-electron chi connectivity index (χ4n) is 2.26. The third-order valence-corrected chi connectivity index (χ3v) is 3.37. The smallest absolute Gasteiger partial charge is 0.265 e. The van der Waals surface area contributed by atoms with Gasteiger partial charge in [-0.3, -0.25) is 4.79 Å². The summed E-state index contributed by atoms with van der Waals surface area (Å²) >= 11 is 0. The van der Waals surface area contributed by atoms with E-state index in [4.69, 9.17) is 9.47 Å². The predicted molar refractivity (Wildman–Crippen MR) is 84.5 cm³/mol. The number of fused-ring (bicyclic) bond motifs is 1. The lowest BCUT2D eigenvalue weighted by Crippen LogP contribution is -2.49. The van der Waals surface area contributed by atoms with Gasteiger partial charge in [-0.25, -0.2) is 9.97 Å². The molecule has 0 saturated carbocycles. The Morgan fingerprint density at radius 1 is 1.09 bits per heavy atom. The highest BCUT2D eigenvalue weighted by Crippen LogP contribution is 2.33. The lowest BCUT2D eigenvalue weighted by atomic mass is 10.1. The van der Waals surface area contributed by atoms with E-state index < -0.39 is 6.10 Å². The number of carbonyl (C=O) groups is 1. The molecule has 0 bridgehead atoms. The van der Waals surface area contributed by atoms with Gasteiger partial charge in [0.25, 0.3) is 5.91 Å². The monoisotopic (exact) mass is 314 g/mol. The van der Waals surface area contributed by atoms with Gasteiger partial charge in [-0.2, -0.15) is 0 Å². The van der Waals surface area contributed by atoms with Crippen LogP contribution in [0.15, 0.2) is 42.7 Å². The van der Waals surface area contributed by atoms with E-state index in [1.807, 2.05) is 25.1 Å². The van der Waals surface area contributed by atoms with Crippen LogP contribution in [0, 0.1) is 0 Å². The van der Waals surface area contributed by atoms with Crippen molar-refractivity contribution in [3.05, 3.63) is 42.7 Å². The first-order chi connectivity index (χ1) is 11.2. The van der Waals surface area contributed by atoms with Gasteiger partial charge < -0.3 is 20.1 Å². The number of carbonyl (C=O) groups excluding carboxylic acids is 1. The molecule has 0 aliphatic carbocycles. The summed E-state index contributed by atoms with van der Waals surface area (Å²) < 4.78 is 11.5. The molecule has 2 aromatic rings. The van der Waals surface area contributed by atoms with Crippen molar-refractivity contribution in [3.63, 3.8) is 0 Å². The zero-order valence-corrected chi connectivity index (χ0v) is 12.7. The fourth-order valence-corrected chi connectivity index (χ4v) is 2.26. The highest BCUT2D eigenvalue weighted by Gasteiger charge is 2.33. The van der Waals surface area contributed by atoms with Crippen molar-refractivity contribution in [2.24, 2.45) is 0 Å². The molecule has 7 heteroatoms. The number of para-hydroxylation sites is 2. The lowest BCUT2D eigenvalue weighted by molar-refractivity contribution is -0.133. The number of amides is 1. The van der Waals surface area contributed by atoms with Crippen molar-refractivity contribution in [2.75, 3.05) is 18.4 Å². The summed E-state index contributed by atoms with van der Waals surface area (Å²) in [5.74, 6) is 1.57. The minimum Gasteiger partial charge on any atom is -0.482 e. The Morgan fingerprint density at radius 3 is 2.52 bits per heavy atom. The van der Waals surface area contributed by atoms with Crippen LogP contribution in [0.1, 0.15) is 6.92 Å². The van der Waals surface area contributed by atoms with E-state index >= 15 is 0 Å². The van der Waals surface area contributed by atoms with Crippen LogP contribution in [-0.4, -0.2) is 41.2 Å². The topological polar surface area (TPSA) is 85.4 Å². The molecule has 7 nitrogen and oxygen atoms in total. The zero-order valence-electron chi connectivity index (χ0n) is 12.7. The molecule has 1 aliphatic rings. The summed E-state index contributed by atoms with van der Waals surface area (Å²) in [6, 6.07) is 9.07. The molecule has 2 N–H and O–H groups in total. The van der Waals surface area contributed by atoms with Crippen molar-refractivity contribution in [2.45, 2.75) is 19.1 Å². The molecule has 0 saturated heterocycles. The molecule has 1 amide bonds. The molecule has 120 valence electrons. The number of nitrogens with one attached hydrogen (secondary N) is 2. The van der Waals surface area contributed by atoms with Crippen LogP contribution >= 0.6 is 0 Å². The Hall–Kier alpha value is -2.83. The van der Waals surface area contributed by atoms with Crippen LogP contribution in [0.2, 0.25) is 0 Å². The third kappa shape index (κ3) is 3.68. The molecule has 3 rings (SSSR count). The van der Waals surface area contributed by atoms with Crippen LogP contribution in [-0.2, 0) is 4.79 Å². The maximum atomic E-state index is 12.3. The normalized spacial score (nSPS) is 19.0. The Kier molecular flexibility index (Phi) is 4.56. The number of anilines is 1. The number of ether oxygens (including phenoxy) is 2. The van der Waals surface area contributed by atoms with Crippen LogP contribution in [0.3, 0.4) is 0 Å². The molecule has 1 aromatic heterocycles. The van der Waals surface area contributed by atoms with Gasteiger partial charge >= 0.3 is 0 Å². The van der Waals surface area contributed by atoms with Crippen molar-refractivity contribution in [1.82, 2.24) is 15.3 Å². The Morgan fingerprint density at radius 2 is 1.78 bits per heavy atom. The molecule has 2 heterocycles. The van der Waals surface area contributed by atoms with Gasteiger partial charge in [0.05, 0.1) is 0 Å². The number of hydrogen-bond donors (Lipinski definition) is 2. The average molecular weight is 314 g/mol. The first-order valence-electron chi connectivity index (χ1n) is 7.45. The van der Waals surface area contributed by atoms with Gasteiger partial charge in [-0.1, -0.05) is 12.1 Å². The molecule has 0 spiro atoms. The van der Waals surface area contributed by atoms with E-state index in [-0.39, 0.29) is 12.0 Å². The highest BCUT2D eigenvalue weighted by molar-refractivity contribution is 5.82. The van der Waals surface area contributed by atoms with E-state index in [1.54, 1.807) is 24.5 Å². The van der Waals surface area contributed by atoms with Crippen molar-refractivity contribution < 1.29 is 14.3 Å². The van der Waals surface area contributed by atoms with Gasteiger partial charge in [-0.05, 0) is 25.1 Å². The molecular formula is C16H18N4O3. The molecule has 2 atom stereocenters. The quantitative estimate of drug-likeness (QED) is 0.808. The SMILES string of the molecule is C[C@H]1Oc2ccccc2O[C@H]1C(=O)NCCNc1ncccn1. The van der Waals surface area contributed by atoms with E-state index in [9.17, 15) is 4.79 Å². The Labute approximate surface area is 134 Å². The Balaban J connectivity index is 1.49. The second-order valence-electron chi connectivity index (χ2n) is 5.10. The average Bonchev–Trinajstić information content (AvgIpc) is 2.59. The molecule has 1 aliphatic heterocycles. The number of rotatable bonds is 5. The minimum atomic E-state index is -0.669. The molecule has 0 fully saturated rings. The van der Waals surface area contributed by atoms with E-state index in [0.29, 0.717) is 30.5 Å². The van der Waals surface area contributed by atoms with Crippen LogP contribution < -0.4 is 20.1 Å². The number of hydrogen-bond acceptors (Lipinski definition) is 6.